The molecule has 0 heterocycles. The highest BCUT2D eigenvalue weighted by molar-refractivity contribution is 7.86. The Bertz CT molecular complexity index is 3090. The fraction of sp³-hybridized carbons (Fsp3) is 0.0526. The molecule has 6 aromatic rings. The number of aliphatic hydroxyl groups is 1. The molecule has 63 heavy (non-hydrogen) atoms. The molecule has 0 aliphatic rings. The summed E-state index contributed by atoms with van der Waals surface area (Å²) >= 11 is 0. The Kier molecular flexibility index (Phi) is 16.7. The van der Waals surface area contributed by atoms with Crippen molar-refractivity contribution in [2.45, 2.75) is 11.5 Å². The van der Waals surface area contributed by atoms with Crippen LogP contribution in [0.3, 0.4) is 0 Å². The van der Waals surface area contributed by atoms with Crippen LogP contribution < -0.4 is 4.74 Å². The zero-order chi connectivity index (χ0) is 46.3. The normalized spacial score (nSPS) is 11.3. The minimum atomic E-state index is -4.72. The molecule has 0 bridgehead atoms. The number of benzene rings is 6. The second kappa shape index (κ2) is 22.0. The van der Waals surface area contributed by atoms with E-state index in [2.05, 4.69) is 30.7 Å². The Morgan fingerprint density at radius 3 is 1.81 bits per heavy atom. The van der Waals surface area contributed by atoms with Gasteiger partial charge in [0.1, 0.15) is 27.8 Å². The second-order valence-electron chi connectivity index (χ2n) is 12.1. The highest BCUT2D eigenvalue weighted by Crippen LogP contribution is 2.40. The smallest absolute Gasteiger partial charge is 0.425 e. The van der Waals surface area contributed by atoms with E-state index in [0.717, 1.165) is 12.1 Å². The van der Waals surface area contributed by atoms with E-state index in [1.54, 1.807) is 72.8 Å². The summed E-state index contributed by atoms with van der Waals surface area (Å²) in [4.78, 5) is 9.70. The van der Waals surface area contributed by atoms with E-state index >= 15 is 0 Å². The summed E-state index contributed by atoms with van der Waals surface area (Å²) in [5.74, 6) is 0.294. The number of hydrogen-bond donors (Lipinski definition) is 4. The summed E-state index contributed by atoms with van der Waals surface area (Å²) in [6, 6.07) is 27.6. The third-order valence-electron chi connectivity index (χ3n) is 8.01. The van der Waals surface area contributed by atoms with E-state index in [4.69, 9.17) is 30.0 Å². The number of phenols is 2. The van der Waals surface area contributed by atoms with Crippen molar-refractivity contribution in [3.05, 3.63) is 136 Å². The number of azo groups is 3. The molecule has 0 aromatic heterocycles. The standard InChI is InChI=1S/C38H29N7O9S.2O3S/c1-54-36-21-34(43-40-27-8-3-23(4-9-27)2-5-24-6-13-30(45(49)50)20-37(24)55(51,52)53)26(22-46)19-35(36)44-42-33-17-7-25-18-29(12-16-32(25)38(33)48)41-39-28-10-14-31(47)15-11-28;2*1-4(2)3/h2-21,46-48H,22H2,1H3,(H,51,52,53);;. The summed E-state index contributed by atoms with van der Waals surface area (Å²) in [7, 11) is -9.52. The Labute approximate surface area is 358 Å². The Morgan fingerprint density at radius 2 is 1.22 bits per heavy atom. The lowest BCUT2D eigenvalue weighted by Crippen LogP contribution is -2.02. The van der Waals surface area contributed by atoms with Gasteiger partial charge in [0, 0.05) is 29.1 Å². The number of ether oxygens (including phenoxy) is 1. The van der Waals surface area contributed by atoms with Gasteiger partial charge in [-0.1, -0.05) is 30.4 Å². The van der Waals surface area contributed by atoms with E-state index < -0.39 is 53.4 Å². The molecular formula is C38H29N7O15S3. The van der Waals surface area contributed by atoms with Gasteiger partial charge in [0.15, 0.2) is 5.75 Å². The lowest BCUT2D eigenvalue weighted by molar-refractivity contribution is -0.385. The summed E-state index contributed by atoms with van der Waals surface area (Å²) in [5.41, 5.74) is 2.88. The van der Waals surface area contributed by atoms with E-state index in [1.165, 1.54) is 43.5 Å². The molecule has 4 N–H and O–H groups in total. The van der Waals surface area contributed by atoms with Crippen LogP contribution in [0.25, 0.3) is 22.9 Å². The molecule has 0 fully saturated rings. The topological polar surface area (TPSA) is 344 Å². The largest absolute Gasteiger partial charge is 0.508 e. The van der Waals surface area contributed by atoms with Gasteiger partial charge in [-0.3, -0.25) is 14.7 Å². The van der Waals surface area contributed by atoms with E-state index in [0.29, 0.717) is 44.6 Å². The maximum Gasteiger partial charge on any atom is 0.425 e. The number of rotatable bonds is 12. The number of methoxy groups -OCH3 is 1. The number of nitro benzene ring substituents is 1. The number of nitrogens with zero attached hydrogens (tertiary/aromatic N) is 7. The van der Waals surface area contributed by atoms with Gasteiger partial charge in [0.2, 0.25) is 0 Å². The minimum absolute atomic E-state index is 0.0568. The number of fused-ring (bicyclic) bond motifs is 1. The molecule has 0 aliphatic heterocycles. The number of hydrogen-bond acceptors (Lipinski definition) is 20. The number of phenolic OH excluding ortho intramolecular Hbond substituents is 2. The predicted octanol–water partition coefficient (Wildman–Crippen LogP) is 8.32. The van der Waals surface area contributed by atoms with Crippen molar-refractivity contribution in [2.75, 3.05) is 7.11 Å². The van der Waals surface area contributed by atoms with E-state index in [9.17, 15) is 38.4 Å². The average Bonchev–Trinajstić information content (AvgIpc) is 3.24. The molecule has 0 atom stereocenters. The first kappa shape index (κ1) is 47.7. The first-order chi connectivity index (χ1) is 29.9. The summed E-state index contributed by atoms with van der Waals surface area (Å²) in [5, 5.41) is 68.2. The average molecular weight is 920 g/mol. The fourth-order valence-electron chi connectivity index (χ4n) is 5.18. The maximum atomic E-state index is 11.8. The molecule has 22 nitrogen and oxygen atoms in total. The fourth-order valence-corrected chi connectivity index (χ4v) is 5.89. The van der Waals surface area contributed by atoms with Gasteiger partial charge in [-0.15, -0.1) is 35.5 Å². The molecule has 6 aromatic carbocycles. The quantitative estimate of drug-likeness (QED) is 0.0295. The van der Waals surface area contributed by atoms with Crippen molar-refractivity contribution in [2.24, 2.45) is 30.7 Å². The molecule has 0 aliphatic carbocycles. The van der Waals surface area contributed by atoms with Crippen molar-refractivity contribution in [1.82, 2.24) is 0 Å². The van der Waals surface area contributed by atoms with E-state index in [1.807, 2.05) is 0 Å². The SMILES string of the molecule is COc1cc(N=Nc2ccc(C=Cc3ccc([N+](=O)[O-])cc3S(=O)(=O)O)cc2)c(CO)cc1N=Nc1ccc2cc(N=Nc3ccc(O)cc3)ccc2c1O.O=S(=O)=O.O=S(=O)=O. The molecular weight excluding hydrogens is 891 g/mol. The highest BCUT2D eigenvalue weighted by Gasteiger charge is 2.19. The molecule has 6 rings (SSSR count). The van der Waals surface area contributed by atoms with Gasteiger partial charge >= 0.3 is 21.2 Å². The molecule has 0 spiro atoms. The highest BCUT2D eigenvalue weighted by atomic mass is 32.2. The van der Waals surface area contributed by atoms with Gasteiger partial charge < -0.3 is 20.1 Å². The minimum Gasteiger partial charge on any atom is -0.508 e. The van der Waals surface area contributed by atoms with Gasteiger partial charge in [-0.25, -0.2) is 0 Å². The predicted molar refractivity (Wildman–Crippen MR) is 223 cm³/mol. The van der Waals surface area contributed by atoms with Crippen LogP contribution in [0.1, 0.15) is 16.7 Å². The summed E-state index contributed by atoms with van der Waals surface area (Å²) in [6.07, 6.45) is 2.96. The Balaban J connectivity index is 0.00000100. The molecule has 0 amide bonds. The van der Waals surface area contributed by atoms with Gasteiger partial charge in [-0.05, 0) is 89.3 Å². The molecule has 324 valence electrons. The van der Waals surface area contributed by atoms with Crippen molar-refractivity contribution in [3.63, 3.8) is 0 Å². The molecule has 0 unspecified atom stereocenters. The Morgan fingerprint density at radius 1 is 0.667 bits per heavy atom. The van der Waals surface area contributed by atoms with Crippen LogP contribution in [0, 0.1) is 10.1 Å². The van der Waals surface area contributed by atoms with Crippen LogP contribution in [0.4, 0.5) is 39.8 Å². The zero-order valence-electron chi connectivity index (χ0n) is 31.9. The van der Waals surface area contributed by atoms with Crippen LogP contribution in [0.5, 0.6) is 17.2 Å². The number of non-ortho nitro benzene ring substituents is 1. The third-order valence-corrected chi connectivity index (χ3v) is 8.92. The molecule has 25 heteroatoms. The maximum absolute atomic E-state index is 11.8. The Hall–Kier alpha value is -7.97. The lowest BCUT2D eigenvalue weighted by Gasteiger charge is -2.09. The molecule has 0 radical (unpaired) electrons. The monoisotopic (exact) mass is 919 g/mol. The lowest BCUT2D eigenvalue weighted by atomic mass is 10.1. The zero-order valence-corrected chi connectivity index (χ0v) is 34.3. The van der Waals surface area contributed by atoms with Gasteiger partial charge in [0.05, 0.1) is 41.4 Å². The molecule has 0 saturated carbocycles. The number of aliphatic hydroxyl groups excluding tert-OH is 1. The number of nitro groups is 1. The van der Waals surface area contributed by atoms with Gasteiger partial charge in [0.25, 0.3) is 15.8 Å². The van der Waals surface area contributed by atoms with Crippen LogP contribution in [-0.2, 0) is 37.9 Å². The second-order valence-corrected chi connectivity index (χ2v) is 14.3. The molecule has 0 saturated heterocycles. The van der Waals surface area contributed by atoms with Gasteiger partial charge in [-0.2, -0.15) is 28.9 Å². The number of aromatic hydroxyl groups is 2. The first-order valence-corrected chi connectivity index (χ1v) is 20.5. The van der Waals surface area contributed by atoms with Crippen molar-refractivity contribution >= 4 is 94.1 Å². The summed E-state index contributed by atoms with van der Waals surface area (Å²) in [6.45, 7) is -0.410. The van der Waals surface area contributed by atoms with Crippen molar-refractivity contribution < 1.29 is 63.2 Å². The van der Waals surface area contributed by atoms with Crippen LogP contribution in [0.15, 0.2) is 145 Å². The van der Waals surface area contributed by atoms with Crippen molar-refractivity contribution in [1.29, 1.82) is 0 Å². The summed E-state index contributed by atoms with van der Waals surface area (Å²) < 4.78 is 89.3. The first-order valence-electron chi connectivity index (χ1n) is 17.1. The third kappa shape index (κ3) is 14.3. The van der Waals surface area contributed by atoms with E-state index in [-0.39, 0.29) is 34.2 Å². The van der Waals surface area contributed by atoms with Crippen LogP contribution in [0.2, 0.25) is 0 Å². The van der Waals surface area contributed by atoms with Crippen LogP contribution >= 0.6 is 0 Å². The van der Waals surface area contributed by atoms with Crippen molar-refractivity contribution in [3.8, 4) is 17.2 Å². The van der Waals surface area contributed by atoms with Crippen LogP contribution in [-0.4, -0.2) is 65.6 Å².